The van der Waals surface area contributed by atoms with Crippen LogP contribution in [-0.4, -0.2) is 9.55 Å². The molecule has 0 bridgehead atoms. The molecule has 1 heterocycles. The smallest absolute Gasteiger partial charge is 0.262 e. The van der Waals surface area contributed by atoms with Gasteiger partial charge in [-0.2, -0.15) is 0 Å². The number of benzene rings is 2. The van der Waals surface area contributed by atoms with Crippen molar-refractivity contribution in [3.63, 3.8) is 0 Å². The normalized spacial score (nSPS) is 11.3. The van der Waals surface area contributed by atoms with Gasteiger partial charge in [-0.15, -0.1) is 0 Å². The highest BCUT2D eigenvalue weighted by molar-refractivity contribution is 7.98. The first-order valence-corrected chi connectivity index (χ1v) is 8.81. The molecule has 23 heavy (non-hydrogen) atoms. The first kappa shape index (κ1) is 16.1. The molecule has 0 radical (unpaired) electrons. The second-order valence-electron chi connectivity index (χ2n) is 5.60. The minimum atomic E-state index is 0.0178. The first-order chi connectivity index (χ1) is 11.1. The van der Waals surface area contributed by atoms with Crippen LogP contribution in [0, 0.1) is 0 Å². The van der Waals surface area contributed by atoms with Crippen molar-refractivity contribution in [2.75, 3.05) is 0 Å². The van der Waals surface area contributed by atoms with Crippen LogP contribution < -0.4 is 5.56 Å². The molecule has 3 aromatic rings. The van der Waals surface area contributed by atoms with Crippen LogP contribution in [0.5, 0.6) is 0 Å². The van der Waals surface area contributed by atoms with E-state index < -0.39 is 0 Å². The molecule has 0 unspecified atom stereocenters. The van der Waals surface area contributed by atoms with Gasteiger partial charge in [-0.05, 0) is 43.7 Å². The Bertz CT molecular complexity index is 888. The van der Waals surface area contributed by atoms with Gasteiger partial charge < -0.3 is 0 Å². The Morgan fingerprint density at radius 2 is 1.83 bits per heavy atom. The van der Waals surface area contributed by atoms with Crippen molar-refractivity contribution in [2.45, 2.75) is 30.8 Å². The van der Waals surface area contributed by atoms with E-state index in [2.05, 4.69) is 4.98 Å². The first-order valence-electron chi connectivity index (χ1n) is 7.45. The lowest BCUT2D eigenvalue weighted by Gasteiger charge is -2.16. The standard InChI is InChI=1S/C18H17ClN2OS/c1-12(2)21-17(22)15-5-3-4-6-16(15)20-18(21)23-11-13-7-9-14(19)10-8-13/h3-10,12H,11H2,1-2H3. The van der Waals surface area contributed by atoms with Gasteiger partial charge in [0, 0.05) is 16.8 Å². The zero-order valence-electron chi connectivity index (χ0n) is 13.0. The van der Waals surface area contributed by atoms with Crippen molar-refractivity contribution in [2.24, 2.45) is 0 Å². The Balaban J connectivity index is 2.00. The molecule has 0 spiro atoms. The maximum atomic E-state index is 12.7. The number of aromatic nitrogens is 2. The van der Waals surface area contributed by atoms with E-state index in [4.69, 9.17) is 11.6 Å². The van der Waals surface area contributed by atoms with Gasteiger partial charge in [-0.25, -0.2) is 4.98 Å². The summed E-state index contributed by atoms with van der Waals surface area (Å²) in [6.45, 7) is 4.01. The predicted molar refractivity (Wildman–Crippen MR) is 97.4 cm³/mol. The average Bonchev–Trinajstić information content (AvgIpc) is 2.54. The van der Waals surface area contributed by atoms with Crippen LogP contribution in [0.2, 0.25) is 5.02 Å². The quantitative estimate of drug-likeness (QED) is 0.497. The van der Waals surface area contributed by atoms with Crippen LogP contribution in [0.25, 0.3) is 10.9 Å². The summed E-state index contributed by atoms with van der Waals surface area (Å²) in [5.74, 6) is 0.745. The molecular formula is C18H17ClN2OS. The Hall–Kier alpha value is -1.78. The molecule has 0 aliphatic heterocycles. The molecule has 0 amide bonds. The van der Waals surface area contributed by atoms with Gasteiger partial charge >= 0.3 is 0 Å². The largest absolute Gasteiger partial charge is 0.285 e. The number of halogens is 1. The number of thioether (sulfide) groups is 1. The maximum absolute atomic E-state index is 12.7. The molecule has 0 aliphatic rings. The molecular weight excluding hydrogens is 328 g/mol. The van der Waals surface area contributed by atoms with Crippen LogP contribution in [0.1, 0.15) is 25.5 Å². The number of nitrogens with zero attached hydrogens (tertiary/aromatic N) is 2. The van der Waals surface area contributed by atoms with Gasteiger partial charge in [-0.3, -0.25) is 9.36 Å². The second-order valence-corrected chi connectivity index (χ2v) is 6.97. The zero-order chi connectivity index (χ0) is 16.4. The summed E-state index contributed by atoms with van der Waals surface area (Å²) in [6.07, 6.45) is 0. The summed E-state index contributed by atoms with van der Waals surface area (Å²) in [6, 6.07) is 15.3. The van der Waals surface area contributed by atoms with E-state index in [1.165, 1.54) is 0 Å². The van der Waals surface area contributed by atoms with Crippen LogP contribution in [0.3, 0.4) is 0 Å². The van der Waals surface area contributed by atoms with E-state index in [1.807, 2.05) is 62.4 Å². The third kappa shape index (κ3) is 3.43. The van der Waals surface area contributed by atoms with Crippen LogP contribution in [0.4, 0.5) is 0 Å². The van der Waals surface area contributed by atoms with Crippen molar-refractivity contribution >= 4 is 34.3 Å². The second kappa shape index (κ2) is 6.77. The molecule has 0 N–H and O–H groups in total. The minimum absolute atomic E-state index is 0.0178. The van der Waals surface area contributed by atoms with Crippen molar-refractivity contribution in [3.8, 4) is 0 Å². The van der Waals surface area contributed by atoms with Crippen molar-refractivity contribution in [3.05, 3.63) is 69.5 Å². The Morgan fingerprint density at radius 3 is 2.52 bits per heavy atom. The number of fused-ring (bicyclic) bond motifs is 1. The molecule has 3 rings (SSSR count). The SMILES string of the molecule is CC(C)n1c(SCc2ccc(Cl)cc2)nc2ccccc2c1=O. The molecule has 0 atom stereocenters. The van der Waals surface area contributed by atoms with Gasteiger partial charge in [0.2, 0.25) is 0 Å². The number of hydrogen-bond acceptors (Lipinski definition) is 3. The number of hydrogen-bond donors (Lipinski definition) is 0. The summed E-state index contributed by atoms with van der Waals surface area (Å²) in [7, 11) is 0. The Labute approximate surface area is 144 Å². The zero-order valence-corrected chi connectivity index (χ0v) is 14.6. The Kier molecular flexibility index (Phi) is 4.74. The fourth-order valence-corrected chi connectivity index (χ4v) is 3.62. The molecule has 5 heteroatoms. The summed E-state index contributed by atoms with van der Waals surface area (Å²) >= 11 is 7.49. The molecule has 118 valence electrons. The van der Waals surface area contributed by atoms with E-state index in [1.54, 1.807) is 16.3 Å². The fourth-order valence-electron chi connectivity index (χ4n) is 2.41. The summed E-state index contributed by atoms with van der Waals surface area (Å²) in [5, 5.41) is 2.14. The lowest BCUT2D eigenvalue weighted by Crippen LogP contribution is -2.25. The number of rotatable bonds is 4. The molecule has 0 aliphatic carbocycles. The van der Waals surface area contributed by atoms with Crippen molar-refractivity contribution < 1.29 is 0 Å². The Morgan fingerprint density at radius 1 is 1.13 bits per heavy atom. The average molecular weight is 345 g/mol. The van der Waals surface area contributed by atoms with Gasteiger partial charge in [0.05, 0.1) is 10.9 Å². The third-order valence-corrected chi connectivity index (χ3v) is 4.85. The lowest BCUT2D eigenvalue weighted by atomic mass is 10.2. The molecule has 0 saturated heterocycles. The van der Waals surface area contributed by atoms with E-state index in [0.717, 1.165) is 27.0 Å². The monoisotopic (exact) mass is 344 g/mol. The maximum Gasteiger partial charge on any atom is 0.262 e. The van der Waals surface area contributed by atoms with Crippen LogP contribution in [0.15, 0.2) is 58.5 Å². The van der Waals surface area contributed by atoms with E-state index >= 15 is 0 Å². The topological polar surface area (TPSA) is 34.9 Å². The van der Waals surface area contributed by atoms with Gasteiger partial charge in [0.1, 0.15) is 0 Å². The molecule has 1 aromatic heterocycles. The highest BCUT2D eigenvalue weighted by Gasteiger charge is 2.13. The van der Waals surface area contributed by atoms with Gasteiger partial charge in [-0.1, -0.05) is 47.6 Å². The van der Waals surface area contributed by atoms with Gasteiger partial charge in [0.25, 0.3) is 5.56 Å². The van der Waals surface area contributed by atoms with E-state index in [-0.39, 0.29) is 11.6 Å². The predicted octanol–water partition coefficient (Wildman–Crippen LogP) is 4.92. The molecule has 0 fully saturated rings. The summed E-state index contributed by atoms with van der Waals surface area (Å²) in [5.41, 5.74) is 1.91. The minimum Gasteiger partial charge on any atom is -0.285 e. The molecule has 2 aromatic carbocycles. The van der Waals surface area contributed by atoms with Crippen molar-refractivity contribution in [1.29, 1.82) is 0 Å². The highest BCUT2D eigenvalue weighted by atomic mass is 35.5. The van der Waals surface area contributed by atoms with E-state index in [9.17, 15) is 4.79 Å². The van der Waals surface area contributed by atoms with Crippen LogP contribution >= 0.6 is 23.4 Å². The van der Waals surface area contributed by atoms with Crippen LogP contribution in [-0.2, 0) is 5.75 Å². The molecule has 0 saturated carbocycles. The lowest BCUT2D eigenvalue weighted by molar-refractivity contribution is 0.519. The molecule has 3 nitrogen and oxygen atoms in total. The van der Waals surface area contributed by atoms with E-state index in [0.29, 0.717) is 5.39 Å². The highest BCUT2D eigenvalue weighted by Crippen LogP contribution is 2.24. The summed E-state index contributed by atoms with van der Waals surface area (Å²) < 4.78 is 1.77. The summed E-state index contributed by atoms with van der Waals surface area (Å²) in [4.78, 5) is 17.4. The van der Waals surface area contributed by atoms with Crippen molar-refractivity contribution in [1.82, 2.24) is 9.55 Å². The third-order valence-electron chi connectivity index (χ3n) is 3.57. The number of para-hydroxylation sites is 1. The van der Waals surface area contributed by atoms with Gasteiger partial charge in [0.15, 0.2) is 5.16 Å². The fraction of sp³-hybridized carbons (Fsp3) is 0.222.